The lowest BCUT2D eigenvalue weighted by molar-refractivity contribution is -0.121. The van der Waals surface area contributed by atoms with Crippen molar-refractivity contribution in [3.05, 3.63) is 59.4 Å². The van der Waals surface area contributed by atoms with Crippen molar-refractivity contribution in [2.24, 2.45) is 13.0 Å². The molecule has 1 amide bonds. The summed E-state index contributed by atoms with van der Waals surface area (Å²) in [5.74, 6) is 1.08. The van der Waals surface area contributed by atoms with Crippen LogP contribution in [0.25, 0.3) is 11.0 Å². The topological polar surface area (TPSA) is 50.2 Å². The SMILES string of the molecule is Cn1c(CN2CCC[C@@H](C(=O)Nc3cccc(Cl)c3)C2)nc2ccccc21. The minimum atomic E-state index is -0.0209. The highest BCUT2D eigenvalue weighted by molar-refractivity contribution is 6.30. The lowest BCUT2D eigenvalue weighted by Gasteiger charge is -2.31. The van der Waals surface area contributed by atoms with Gasteiger partial charge in [-0.3, -0.25) is 9.69 Å². The van der Waals surface area contributed by atoms with Gasteiger partial charge in [-0.05, 0) is 49.7 Å². The standard InChI is InChI=1S/C21H23ClN4O/c1-25-19-10-3-2-9-18(19)24-20(25)14-26-11-5-6-15(13-26)21(27)23-17-8-4-7-16(22)12-17/h2-4,7-10,12,15H,5-6,11,13-14H2,1H3,(H,23,27)/t15-/m1/s1. The first-order chi connectivity index (χ1) is 13.1. The minimum Gasteiger partial charge on any atom is -0.330 e. The van der Waals surface area contributed by atoms with Gasteiger partial charge >= 0.3 is 0 Å². The number of amides is 1. The van der Waals surface area contributed by atoms with Crippen molar-refractivity contribution < 1.29 is 4.79 Å². The number of halogens is 1. The number of likely N-dealkylation sites (tertiary alicyclic amines) is 1. The summed E-state index contributed by atoms with van der Waals surface area (Å²) in [6, 6.07) is 15.5. The monoisotopic (exact) mass is 382 g/mol. The maximum Gasteiger partial charge on any atom is 0.228 e. The van der Waals surface area contributed by atoms with Crippen LogP contribution in [0.2, 0.25) is 5.02 Å². The molecule has 2 heterocycles. The smallest absolute Gasteiger partial charge is 0.228 e. The molecule has 0 bridgehead atoms. The Morgan fingerprint density at radius 1 is 1.26 bits per heavy atom. The molecule has 0 saturated carbocycles. The second kappa shape index (κ2) is 7.71. The molecule has 4 rings (SSSR count). The number of aryl methyl sites for hydroxylation is 1. The summed E-state index contributed by atoms with van der Waals surface area (Å²) in [7, 11) is 2.05. The molecule has 0 aliphatic carbocycles. The third-order valence-electron chi connectivity index (χ3n) is 5.21. The van der Waals surface area contributed by atoms with Gasteiger partial charge in [0.1, 0.15) is 5.82 Å². The highest BCUT2D eigenvalue weighted by atomic mass is 35.5. The van der Waals surface area contributed by atoms with Crippen LogP contribution in [0.15, 0.2) is 48.5 Å². The first-order valence-electron chi connectivity index (χ1n) is 9.29. The van der Waals surface area contributed by atoms with E-state index in [4.69, 9.17) is 16.6 Å². The number of nitrogens with zero attached hydrogens (tertiary/aromatic N) is 3. The molecule has 5 nitrogen and oxygen atoms in total. The van der Waals surface area contributed by atoms with Crippen LogP contribution < -0.4 is 5.32 Å². The molecule has 1 N–H and O–H groups in total. The summed E-state index contributed by atoms with van der Waals surface area (Å²) in [5, 5.41) is 3.62. The van der Waals surface area contributed by atoms with Gasteiger partial charge in [-0.2, -0.15) is 0 Å². The fraction of sp³-hybridized carbons (Fsp3) is 0.333. The average Bonchev–Trinajstić information content (AvgIpc) is 2.98. The van der Waals surface area contributed by atoms with Gasteiger partial charge in [0.05, 0.1) is 23.5 Å². The predicted molar refractivity (Wildman–Crippen MR) is 109 cm³/mol. The van der Waals surface area contributed by atoms with Gasteiger partial charge < -0.3 is 9.88 Å². The molecule has 0 unspecified atom stereocenters. The quantitative estimate of drug-likeness (QED) is 0.739. The fourth-order valence-corrected chi connectivity index (χ4v) is 3.95. The normalized spacial score (nSPS) is 17.9. The number of hydrogen-bond acceptors (Lipinski definition) is 3. The Labute approximate surface area is 163 Å². The maximum atomic E-state index is 12.7. The Bertz CT molecular complexity index is 968. The third-order valence-corrected chi connectivity index (χ3v) is 5.45. The molecule has 1 aromatic heterocycles. The molecule has 1 fully saturated rings. The molecular formula is C21H23ClN4O. The Hall–Kier alpha value is -2.37. The summed E-state index contributed by atoms with van der Waals surface area (Å²) in [6.07, 6.45) is 1.92. The van der Waals surface area contributed by atoms with E-state index in [2.05, 4.69) is 27.9 Å². The molecule has 1 atom stereocenters. The third kappa shape index (κ3) is 3.99. The number of nitrogens with one attached hydrogen (secondary N) is 1. The number of anilines is 1. The van der Waals surface area contributed by atoms with E-state index in [-0.39, 0.29) is 11.8 Å². The van der Waals surface area contributed by atoms with Crippen LogP contribution in [0, 0.1) is 5.92 Å². The van der Waals surface area contributed by atoms with Gasteiger partial charge in [0.15, 0.2) is 0 Å². The van der Waals surface area contributed by atoms with Crippen molar-refractivity contribution in [1.82, 2.24) is 14.5 Å². The molecule has 6 heteroatoms. The zero-order valence-corrected chi connectivity index (χ0v) is 16.1. The summed E-state index contributed by atoms with van der Waals surface area (Å²) in [6.45, 7) is 2.49. The van der Waals surface area contributed by atoms with Gasteiger partial charge in [0, 0.05) is 24.3 Å². The number of carbonyl (C=O) groups is 1. The molecule has 0 spiro atoms. The number of imidazole rings is 1. The average molecular weight is 383 g/mol. The minimum absolute atomic E-state index is 0.0209. The Morgan fingerprint density at radius 2 is 2.11 bits per heavy atom. The lowest BCUT2D eigenvalue weighted by Crippen LogP contribution is -2.40. The van der Waals surface area contributed by atoms with Crippen LogP contribution in [0.1, 0.15) is 18.7 Å². The van der Waals surface area contributed by atoms with Gasteiger partial charge in [0.2, 0.25) is 5.91 Å². The number of hydrogen-bond donors (Lipinski definition) is 1. The highest BCUT2D eigenvalue weighted by Gasteiger charge is 2.26. The lowest BCUT2D eigenvalue weighted by atomic mass is 9.97. The van der Waals surface area contributed by atoms with Gasteiger partial charge in [-0.15, -0.1) is 0 Å². The number of rotatable bonds is 4. The van der Waals surface area contributed by atoms with Crippen LogP contribution >= 0.6 is 11.6 Å². The number of para-hydroxylation sites is 2. The Balaban J connectivity index is 1.43. The van der Waals surface area contributed by atoms with E-state index in [1.807, 2.05) is 30.3 Å². The van der Waals surface area contributed by atoms with Crippen LogP contribution in [-0.4, -0.2) is 33.4 Å². The van der Waals surface area contributed by atoms with E-state index in [1.54, 1.807) is 12.1 Å². The molecule has 1 saturated heterocycles. The summed E-state index contributed by atoms with van der Waals surface area (Å²) in [5.41, 5.74) is 2.90. The molecule has 140 valence electrons. The number of aromatic nitrogens is 2. The maximum absolute atomic E-state index is 12.7. The second-order valence-electron chi connectivity index (χ2n) is 7.15. The van der Waals surface area contributed by atoms with Gasteiger partial charge in [-0.1, -0.05) is 29.8 Å². The van der Waals surface area contributed by atoms with Crippen molar-refractivity contribution in [2.75, 3.05) is 18.4 Å². The molecule has 3 aromatic rings. The number of carbonyl (C=O) groups excluding carboxylic acids is 1. The first kappa shape index (κ1) is 18.0. The van der Waals surface area contributed by atoms with Crippen LogP contribution in [0.5, 0.6) is 0 Å². The molecule has 0 radical (unpaired) electrons. The van der Waals surface area contributed by atoms with Gasteiger partial charge in [0.25, 0.3) is 0 Å². The van der Waals surface area contributed by atoms with Crippen molar-refractivity contribution in [2.45, 2.75) is 19.4 Å². The van der Waals surface area contributed by atoms with Crippen molar-refractivity contribution in [1.29, 1.82) is 0 Å². The van der Waals surface area contributed by atoms with Crippen molar-refractivity contribution in [3.8, 4) is 0 Å². The Kier molecular flexibility index (Phi) is 5.14. The largest absolute Gasteiger partial charge is 0.330 e. The first-order valence-corrected chi connectivity index (χ1v) is 9.67. The summed E-state index contributed by atoms with van der Waals surface area (Å²) < 4.78 is 2.14. The van der Waals surface area contributed by atoms with Crippen LogP contribution in [0.4, 0.5) is 5.69 Å². The van der Waals surface area contributed by atoms with Crippen LogP contribution in [0.3, 0.4) is 0 Å². The van der Waals surface area contributed by atoms with Crippen molar-refractivity contribution >= 4 is 34.2 Å². The molecule has 1 aliphatic rings. The highest BCUT2D eigenvalue weighted by Crippen LogP contribution is 2.22. The zero-order valence-electron chi connectivity index (χ0n) is 15.4. The molecular weight excluding hydrogens is 360 g/mol. The summed E-state index contributed by atoms with van der Waals surface area (Å²) >= 11 is 6.01. The van der Waals surface area contributed by atoms with Crippen LogP contribution in [-0.2, 0) is 18.4 Å². The zero-order chi connectivity index (χ0) is 18.8. The number of fused-ring (bicyclic) bond motifs is 1. The van der Waals surface area contributed by atoms with Crippen molar-refractivity contribution in [3.63, 3.8) is 0 Å². The van der Waals surface area contributed by atoms with Gasteiger partial charge in [-0.25, -0.2) is 4.98 Å². The Morgan fingerprint density at radius 3 is 2.93 bits per heavy atom. The van der Waals surface area contributed by atoms with E-state index in [1.165, 1.54) is 0 Å². The van der Waals surface area contributed by atoms with E-state index >= 15 is 0 Å². The van der Waals surface area contributed by atoms with E-state index in [0.29, 0.717) is 5.02 Å². The van der Waals surface area contributed by atoms with E-state index < -0.39 is 0 Å². The predicted octanol–water partition coefficient (Wildman–Crippen LogP) is 4.08. The fourth-order valence-electron chi connectivity index (χ4n) is 3.76. The van der Waals surface area contributed by atoms with E-state index in [0.717, 1.165) is 55.0 Å². The number of piperidine rings is 1. The number of benzene rings is 2. The molecule has 27 heavy (non-hydrogen) atoms. The van der Waals surface area contributed by atoms with E-state index in [9.17, 15) is 4.79 Å². The second-order valence-corrected chi connectivity index (χ2v) is 7.59. The molecule has 1 aliphatic heterocycles. The summed E-state index contributed by atoms with van der Waals surface area (Å²) in [4.78, 5) is 19.8. The molecule has 2 aromatic carbocycles.